The Hall–Kier alpha value is 0.0900. The van der Waals surface area contributed by atoms with Crippen LogP contribution in [0.5, 0.6) is 0 Å². The fraction of sp³-hybridized carbons (Fsp3) is 0.556. The van der Waals surface area contributed by atoms with Crippen LogP contribution in [0.3, 0.4) is 0 Å². The van der Waals surface area contributed by atoms with E-state index in [0.717, 1.165) is 6.42 Å². The van der Waals surface area contributed by atoms with Crippen LogP contribution in [0.4, 0.5) is 0 Å². The average Bonchev–Trinajstić information content (AvgIpc) is 2.66. The number of halogens is 1. The molecule has 1 aromatic rings. The molecule has 0 aliphatic rings. The molecule has 0 saturated carbocycles. The monoisotopic (exact) mass is 311 g/mol. The predicted molar refractivity (Wildman–Crippen MR) is 67.1 cm³/mol. The van der Waals surface area contributed by atoms with Crippen molar-refractivity contribution in [2.45, 2.75) is 22.4 Å². The Morgan fingerprint density at radius 2 is 2.27 bits per heavy atom. The molecule has 0 amide bonds. The van der Waals surface area contributed by atoms with Crippen molar-refractivity contribution in [3.05, 3.63) is 17.5 Å². The van der Waals surface area contributed by atoms with Crippen LogP contribution < -0.4 is 0 Å². The topological polar surface area (TPSA) is 37.4 Å². The second kappa shape index (κ2) is 5.43. The molecular formula is C9H14BrNO2S2. The molecule has 0 aliphatic heterocycles. The van der Waals surface area contributed by atoms with Crippen LogP contribution in [0.2, 0.25) is 0 Å². The molecule has 6 heteroatoms. The molecule has 0 aromatic carbocycles. The molecule has 0 N–H and O–H groups in total. The molecule has 1 heterocycles. The van der Waals surface area contributed by atoms with Crippen LogP contribution in [0.1, 0.15) is 13.3 Å². The zero-order valence-electron chi connectivity index (χ0n) is 8.68. The van der Waals surface area contributed by atoms with E-state index in [1.165, 1.54) is 15.6 Å². The predicted octanol–water partition coefficient (Wildman–Crippen LogP) is 2.54. The zero-order valence-corrected chi connectivity index (χ0v) is 11.9. The molecule has 15 heavy (non-hydrogen) atoms. The highest BCUT2D eigenvalue weighted by atomic mass is 79.9. The number of hydrogen-bond acceptors (Lipinski definition) is 3. The van der Waals surface area contributed by atoms with Gasteiger partial charge in [0.25, 0.3) is 10.0 Å². The molecule has 0 aliphatic carbocycles. The highest BCUT2D eigenvalue weighted by molar-refractivity contribution is 9.09. The molecule has 1 unspecified atom stereocenters. The van der Waals surface area contributed by atoms with Crippen molar-refractivity contribution in [1.29, 1.82) is 0 Å². The first-order valence-corrected chi connectivity index (χ1v) is 7.82. The Bertz CT molecular complexity index is 386. The molecule has 0 fully saturated rings. The van der Waals surface area contributed by atoms with E-state index in [-0.39, 0.29) is 0 Å². The smallest absolute Gasteiger partial charge is 0.206 e. The minimum absolute atomic E-state index is 0.332. The summed E-state index contributed by atoms with van der Waals surface area (Å²) in [4.78, 5) is 0.332. The maximum absolute atomic E-state index is 11.9. The number of sulfonamides is 1. The summed E-state index contributed by atoms with van der Waals surface area (Å²) < 4.78 is 25.7. The van der Waals surface area contributed by atoms with Crippen molar-refractivity contribution in [3.63, 3.8) is 0 Å². The van der Waals surface area contributed by atoms with Crippen molar-refractivity contribution in [2.75, 3.05) is 13.6 Å². The van der Waals surface area contributed by atoms with E-state index in [0.29, 0.717) is 15.6 Å². The lowest BCUT2D eigenvalue weighted by Crippen LogP contribution is -2.28. The van der Waals surface area contributed by atoms with Gasteiger partial charge in [-0.15, -0.1) is 11.3 Å². The molecule has 86 valence electrons. The summed E-state index contributed by atoms with van der Waals surface area (Å²) in [6.45, 7) is 2.54. The normalized spacial score (nSPS) is 14.4. The first-order chi connectivity index (χ1) is 6.94. The van der Waals surface area contributed by atoms with Gasteiger partial charge in [0, 0.05) is 18.4 Å². The summed E-state index contributed by atoms with van der Waals surface area (Å²) in [7, 11) is -1.64. The SMILES string of the molecule is CC(Br)CCN(C)S(=O)(=O)c1cccs1. The number of thiophene rings is 1. The summed E-state index contributed by atoms with van der Waals surface area (Å²) >= 11 is 4.65. The Kier molecular flexibility index (Phi) is 4.76. The molecule has 0 spiro atoms. The Labute approximate surface area is 103 Å². The van der Waals surface area contributed by atoms with Crippen LogP contribution in [0.25, 0.3) is 0 Å². The van der Waals surface area contributed by atoms with E-state index in [2.05, 4.69) is 15.9 Å². The highest BCUT2D eigenvalue weighted by Gasteiger charge is 2.21. The van der Waals surface area contributed by atoms with E-state index >= 15 is 0 Å². The van der Waals surface area contributed by atoms with E-state index in [4.69, 9.17) is 0 Å². The van der Waals surface area contributed by atoms with Crippen LogP contribution in [0.15, 0.2) is 21.7 Å². The highest BCUT2D eigenvalue weighted by Crippen LogP contribution is 2.20. The summed E-state index contributed by atoms with van der Waals surface area (Å²) in [5.74, 6) is 0. The van der Waals surface area contributed by atoms with Gasteiger partial charge in [-0.1, -0.05) is 28.9 Å². The number of rotatable bonds is 5. The lowest BCUT2D eigenvalue weighted by molar-refractivity contribution is 0.464. The van der Waals surface area contributed by atoms with Crippen molar-refractivity contribution in [1.82, 2.24) is 4.31 Å². The van der Waals surface area contributed by atoms with E-state index in [1.54, 1.807) is 24.6 Å². The maximum Gasteiger partial charge on any atom is 0.252 e. The van der Waals surface area contributed by atoms with Gasteiger partial charge in [0.2, 0.25) is 0 Å². The van der Waals surface area contributed by atoms with Crippen molar-refractivity contribution < 1.29 is 8.42 Å². The largest absolute Gasteiger partial charge is 0.252 e. The summed E-state index contributed by atoms with van der Waals surface area (Å²) in [6.07, 6.45) is 0.807. The first kappa shape index (κ1) is 13.2. The third-order valence-electron chi connectivity index (χ3n) is 2.00. The third-order valence-corrected chi connectivity index (χ3v) is 5.69. The zero-order chi connectivity index (χ0) is 11.5. The Balaban J connectivity index is 2.71. The van der Waals surface area contributed by atoms with Crippen molar-refractivity contribution in [2.24, 2.45) is 0 Å². The lowest BCUT2D eigenvalue weighted by atomic mass is 10.3. The van der Waals surface area contributed by atoms with Crippen LogP contribution in [-0.2, 0) is 10.0 Å². The fourth-order valence-electron chi connectivity index (χ4n) is 1.04. The van der Waals surface area contributed by atoms with Gasteiger partial charge in [-0.2, -0.15) is 0 Å². The second-order valence-electron chi connectivity index (χ2n) is 3.33. The number of hydrogen-bond donors (Lipinski definition) is 0. The summed E-state index contributed by atoms with van der Waals surface area (Å²) in [5, 5.41) is 1.77. The Morgan fingerprint density at radius 1 is 1.60 bits per heavy atom. The summed E-state index contributed by atoms with van der Waals surface area (Å²) in [6, 6.07) is 3.38. The van der Waals surface area contributed by atoms with Crippen molar-refractivity contribution in [3.8, 4) is 0 Å². The molecule has 1 atom stereocenters. The molecule has 1 rings (SSSR count). The first-order valence-electron chi connectivity index (χ1n) is 4.58. The number of alkyl halides is 1. The minimum Gasteiger partial charge on any atom is -0.206 e. The van der Waals surface area contributed by atoms with E-state index in [9.17, 15) is 8.42 Å². The van der Waals surface area contributed by atoms with Crippen LogP contribution in [0, 0.1) is 0 Å². The molecule has 1 aromatic heterocycles. The van der Waals surface area contributed by atoms with Gasteiger partial charge in [-0.05, 0) is 17.9 Å². The maximum atomic E-state index is 11.9. The third kappa shape index (κ3) is 3.55. The van der Waals surface area contributed by atoms with Gasteiger partial charge in [-0.25, -0.2) is 12.7 Å². The summed E-state index contributed by atoms with van der Waals surface area (Å²) in [5.41, 5.74) is 0. The molecule has 0 radical (unpaired) electrons. The minimum atomic E-state index is -3.26. The average molecular weight is 312 g/mol. The van der Waals surface area contributed by atoms with Crippen molar-refractivity contribution >= 4 is 37.3 Å². The standard InChI is InChI=1S/C9H14BrNO2S2/c1-8(10)5-6-11(2)15(12,13)9-4-3-7-14-9/h3-4,7-8H,5-6H2,1-2H3. The van der Waals surface area contributed by atoms with E-state index in [1.807, 2.05) is 6.92 Å². The fourth-order valence-corrected chi connectivity index (χ4v) is 3.64. The molecule has 0 bridgehead atoms. The van der Waals surface area contributed by atoms with E-state index < -0.39 is 10.0 Å². The molecular weight excluding hydrogens is 298 g/mol. The molecule has 0 saturated heterocycles. The lowest BCUT2D eigenvalue weighted by Gasteiger charge is -2.16. The quantitative estimate of drug-likeness (QED) is 0.784. The number of nitrogens with zero attached hydrogens (tertiary/aromatic N) is 1. The van der Waals surface area contributed by atoms with Gasteiger partial charge in [-0.3, -0.25) is 0 Å². The Morgan fingerprint density at radius 3 is 2.73 bits per heavy atom. The molecule has 3 nitrogen and oxygen atoms in total. The van der Waals surface area contributed by atoms with Crippen LogP contribution in [-0.4, -0.2) is 31.1 Å². The van der Waals surface area contributed by atoms with Gasteiger partial charge < -0.3 is 0 Å². The van der Waals surface area contributed by atoms with Gasteiger partial charge >= 0.3 is 0 Å². The van der Waals surface area contributed by atoms with Gasteiger partial charge in [0.05, 0.1) is 0 Å². The van der Waals surface area contributed by atoms with Gasteiger partial charge in [0.1, 0.15) is 4.21 Å². The second-order valence-corrected chi connectivity index (χ2v) is 8.11. The van der Waals surface area contributed by atoms with Gasteiger partial charge in [0.15, 0.2) is 0 Å². The van der Waals surface area contributed by atoms with Crippen LogP contribution >= 0.6 is 27.3 Å².